The second kappa shape index (κ2) is 9.76. The van der Waals surface area contributed by atoms with E-state index >= 15 is 0 Å². The van der Waals surface area contributed by atoms with E-state index in [4.69, 9.17) is 14.9 Å². The number of aromatic hydroxyl groups is 1. The normalized spacial score (nSPS) is 16.5. The van der Waals surface area contributed by atoms with Crippen LogP contribution in [0.1, 0.15) is 48.8 Å². The Kier molecular flexibility index (Phi) is 6.82. The zero-order valence-electron chi connectivity index (χ0n) is 18.9. The zero-order valence-corrected chi connectivity index (χ0v) is 18.9. The molecule has 32 heavy (non-hydrogen) atoms. The van der Waals surface area contributed by atoms with Crippen molar-refractivity contribution in [1.82, 2.24) is 4.90 Å². The van der Waals surface area contributed by atoms with Gasteiger partial charge in [-0.05, 0) is 88.0 Å². The number of aryl methyl sites for hydroxylation is 2. The number of nitrogens with zero attached hydrogens (tertiary/aromatic N) is 1. The number of phenols is 1. The van der Waals surface area contributed by atoms with Gasteiger partial charge in [0.2, 0.25) is 11.2 Å². The molecule has 6 nitrogen and oxygen atoms in total. The zero-order chi connectivity index (χ0) is 22.7. The van der Waals surface area contributed by atoms with Crippen molar-refractivity contribution in [2.24, 2.45) is 5.73 Å². The summed E-state index contributed by atoms with van der Waals surface area (Å²) in [5, 5.41) is 10.7. The SMILES string of the molecule is Cc1cc(C)cc(Oc2coc3c(CN4CCCC4)c(O)ccc3c2=O)c1.NC1CCC1. The molecule has 2 fully saturated rings. The van der Waals surface area contributed by atoms with Gasteiger partial charge in [-0.25, -0.2) is 0 Å². The Morgan fingerprint density at radius 3 is 2.34 bits per heavy atom. The molecule has 0 spiro atoms. The summed E-state index contributed by atoms with van der Waals surface area (Å²) in [5.74, 6) is 0.904. The quantitative estimate of drug-likeness (QED) is 0.598. The van der Waals surface area contributed by atoms with Crippen molar-refractivity contribution in [2.45, 2.75) is 58.5 Å². The van der Waals surface area contributed by atoms with Crippen LogP contribution in [0.25, 0.3) is 11.0 Å². The highest BCUT2D eigenvalue weighted by atomic mass is 16.5. The second-order valence-electron chi connectivity index (χ2n) is 8.97. The maximum atomic E-state index is 12.9. The number of hydrogen-bond donors (Lipinski definition) is 2. The van der Waals surface area contributed by atoms with Gasteiger partial charge in [-0.2, -0.15) is 0 Å². The standard InChI is InChI=1S/C22H23NO4.C4H9N/c1-14-9-15(2)11-16(10-14)27-20-13-26-22-17(21(20)25)5-6-19(24)18(22)12-23-7-3-4-8-23;5-4-2-1-3-4/h5-6,9-11,13,24H,3-4,7-8,12H2,1-2H3;4H,1-3,5H2. The lowest BCUT2D eigenvalue weighted by molar-refractivity contribution is 0.323. The van der Waals surface area contributed by atoms with Crippen LogP contribution >= 0.6 is 0 Å². The average Bonchev–Trinajstić information content (AvgIpc) is 3.24. The van der Waals surface area contributed by atoms with Gasteiger partial charge in [-0.3, -0.25) is 9.69 Å². The molecule has 2 heterocycles. The Bertz CT molecular complexity index is 1120. The lowest BCUT2D eigenvalue weighted by Gasteiger charge is -2.18. The van der Waals surface area contributed by atoms with Gasteiger partial charge < -0.3 is 20.0 Å². The number of likely N-dealkylation sites (tertiary alicyclic amines) is 1. The van der Waals surface area contributed by atoms with E-state index in [0.29, 0.717) is 34.9 Å². The third kappa shape index (κ3) is 5.14. The molecule has 2 aliphatic rings. The molecule has 0 atom stereocenters. The minimum Gasteiger partial charge on any atom is -0.507 e. The van der Waals surface area contributed by atoms with Crippen molar-refractivity contribution in [3.63, 3.8) is 0 Å². The molecule has 170 valence electrons. The van der Waals surface area contributed by atoms with Crippen molar-refractivity contribution >= 4 is 11.0 Å². The Labute approximate surface area is 188 Å². The maximum absolute atomic E-state index is 12.9. The highest BCUT2D eigenvalue weighted by Crippen LogP contribution is 2.30. The van der Waals surface area contributed by atoms with E-state index in [9.17, 15) is 9.90 Å². The summed E-state index contributed by atoms with van der Waals surface area (Å²) >= 11 is 0. The number of nitrogens with two attached hydrogens (primary N) is 1. The first kappa shape index (κ1) is 22.4. The summed E-state index contributed by atoms with van der Waals surface area (Å²) in [4.78, 5) is 15.2. The Morgan fingerprint density at radius 1 is 1.09 bits per heavy atom. The minimum absolute atomic E-state index is 0.144. The van der Waals surface area contributed by atoms with Gasteiger partial charge in [-0.1, -0.05) is 12.5 Å². The van der Waals surface area contributed by atoms with Gasteiger partial charge in [0.1, 0.15) is 23.3 Å². The molecule has 1 aliphatic heterocycles. The van der Waals surface area contributed by atoms with E-state index in [1.807, 2.05) is 32.0 Å². The summed E-state index contributed by atoms with van der Waals surface area (Å²) in [6.45, 7) is 6.53. The molecule has 0 bridgehead atoms. The van der Waals surface area contributed by atoms with Crippen molar-refractivity contribution < 1.29 is 14.3 Å². The summed E-state index contributed by atoms with van der Waals surface area (Å²) in [5.41, 5.74) is 8.35. The number of benzene rings is 2. The van der Waals surface area contributed by atoms with E-state index in [0.717, 1.165) is 37.1 Å². The molecular weight excluding hydrogens is 404 g/mol. The molecule has 3 aromatic rings. The van der Waals surface area contributed by atoms with Crippen LogP contribution in [0.3, 0.4) is 0 Å². The Morgan fingerprint density at radius 2 is 1.75 bits per heavy atom. The molecule has 1 aromatic heterocycles. The molecule has 3 N–H and O–H groups in total. The van der Waals surface area contributed by atoms with E-state index in [-0.39, 0.29) is 16.9 Å². The van der Waals surface area contributed by atoms with Crippen molar-refractivity contribution in [2.75, 3.05) is 13.1 Å². The van der Waals surface area contributed by atoms with Gasteiger partial charge in [0.05, 0.1) is 10.9 Å². The van der Waals surface area contributed by atoms with Crippen LogP contribution in [0.2, 0.25) is 0 Å². The molecule has 0 radical (unpaired) electrons. The smallest absolute Gasteiger partial charge is 0.235 e. The van der Waals surface area contributed by atoms with E-state index in [2.05, 4.69) is 4.90 Å². The number of rotatable bonds is 4. The molecule has 2 aromatic carbocycles. The molecule has 6 heteroatoms. The molecule has 1 saturated carbocycles. The van der Waals surface area contributed by atoms with Gasteiger partial charge in [0.25, 0.3) is 0 Å². The third-order valence-electron chi connectivity index (χ3n) is 6.14. The highest BCUT2D eigenvalue weighted by Gasteiger charge is 2.19. The van der Waals surface area contributed by atoms with Crippen LogP contribution in [-0.4, -0.2) is 29.1 Å². The van der Waals surface area contributed by atoms with Crippen molar-refractivity contribution in [3.8, 4) is 17.2 Å². The van der Waals surface area contributed by atoms with E-state index < -0.39 is 0 Å². The summed E-state index contributed by atoms with van der Waals surface area (Å²) in [6.07, 6.45) is 7.54. The van der Waals surface area contributed by atoms with Crippen molar-refractivity contribution in [1.29, 1.82) is 0 Å². The fourth-order valence-electron chi connectivity index (χ4n) is 4.18. The number of phenolic OH excluding ortho intramolecular Hbond substituents is 1. The Hall–Kier alpha value is -2.83. The minimum atomic E-state index is -0.238. The van der Waals surface area contributed by atoms with Crippen molar-refractivity contribution in [3.05, 3.63) is 63.5 Å². The first-order chi connectivity index (χ1) is 15.4. The number of ether oxygens (including phenoxy) is 1. The fourth-order valence-corrected chi connectivity index (χ4v) is 4.18. The van der Waals surface area contributed by atoms with Crippen LogP contribution in [0.15, 0.2) is 45.8 Å². The van der Waals surface area contributed by atoms with Crippen LogP contribution in [0.5, 0.6) is 17.2 Å². The predicted molar refractivity (Wildman–Crippen MR) is 126 cm³/mol. The lowest BCUT2D eigenvalue weighted by atomic mass is 9.95. The van der Waals surface area contributed by atoms with Crippen LogP contribution in [0, 0.1) is 13.8 Å². The number of fused-ring (bicyclic) bond motifs is 1. The highest BCUT2D eigenvalue weighted by molar-refractivity contribution is 5.83. The fraction of sp³-hybridized carbons (Fsp3) is 0.423. The summed E-state index contributed by atoms with van der Waals surface area (Å²) in [6, 6.07) is 9.53. The molecule has 1 aliphatic carbocycles. The van der Waals surface area contributed by atoms with Crippen LogP contribution in [0.4, 0.5) is 0 Å². The van der Waals surface area contributed by atoms with Gasteiger partial charge in [0.15, 0.2) is 0 Å². The monoisotopic (exact) mass is 436 g/mol. The van der Waals surface area contributed by atoms with Crippen LogP contribution < -0.4 is 15.9 Å². The topological polar surface area (TPSA) is 88.9 Å². The predicted octanol–water partition coefficient (Wildman–Crippen LogP) is 5.00. The lowest BCUT2D eigenvalue weighted by Crippen LogP contribution is -2.27. The average molecular weight is 437 g/mol. The molecule has 1 saturated heterocycles. The first-order valence-corrected chi connectivity index (χ1v) is 11.4. The summed E-state index contributed by atoms with van der Waals surface area (Å²) in [7, 11) is 0. The van der Waals surface area contributed by atoms with E-state index in [1.54, 1.807) is 12.1 Å². The first-order valence-electron chi connectivity index (χ1n) is 11.4. The van der Waals surface area contributed by atoms with Gasteiger partial charge in [0, 0.05) is 12.6 Å². The molecule has 5 rings (SSSR count). The van der Waals surface area contributed by atoms with E-state index in [1.165, 1.54) is 25.5 Å². The Balaban J connectivity index is 0.000000433. The van der Waals surface area contributed by atoms with Gasteiger partial charge >= 0.3 is 0 Å². The number of hydrogen-bond acceptors (Lipinski definition) is 6. The maximum Gasteiger partial charge on any atom is 0.235 e. The molecule has 0 amide bonds. The largest absolute Gasteiger partial charge is 0.507 e. The van der Waals surface area contributed by atoms with Gasteiger partial charge in [-0.15, -0.1) is 0 Å². The third-order valence-corrected chi connectivity index (χ3v) is 6.14. The molecule has 0 unspecified atom stereocenters. The summed E-state index contributed by atoms with van der Waals surface area (Å²) < 4.78 is 11.6. The second-order valence-corrected chi connectivity index (χ2v) is 8.97. The molecular formula is C26H32N2O4. The van der Waals surface area contributed by atoms with Crippen LogP contribution in [-0.2, 0) is 6.54 Å².